The first-order valence-electron chi connectivity index (χ1n) is 11.3. The number of hydrogen-bond acceptors (Lipinski definition) is 8. The van der Waals surface area contributed by atoms with Crippen molar-refractivity contribution in [1.82, 2.24) is 15.1 Å². The molecule has 2 aromatic carbocycles. The summed E-state index contributed by atoms with van der Waals surface area (Å²) >= 11 is 0. The van der Waals surface area contributed by atoms with E-state index >= 15 is 0 Å². The van der Waals surface area contributed by atoms with Gasteiger partial charge in [-0.3, -0.25) is 9.59 Å². The van der Waals surface area contributed by atoms with Gasteiger partial charge in [-0.15, -0.1) is 0 Å². The zero-order chi connectivity index (χ0) is 26.1. The number of amides is 1. The fraction of sp³-hybridized carbons (Fsp3) is 0.308. The summed E-state index contributed by atoms with van der Waals surface area (Å²) in [6, 6.07) is 13.7. The van der Waals surface area contributed by atoms with Crippen molar-refractivity contribution >= 4 is 11.9 Å². The van der Waals surface area contributed by atoms with Gasteiger partial charge in [0.2, 0.25) is 5.69 Å². The van der Waals surface area contributed by atoms with E-state index in [0.717, 1.165) is 21.9 Å². The number of ether oxygens (including phenoxy) is 4. The Bertz CT molecular complexity index is 1270. The lowest BCUT2D eigenvalue weighted by molar-refractivity contribution is -0.123. The Morgan fingerprint density at radius 3 is 2.36 bits per heavy atom. The van der Waals surface area contributed by atoms with Crippen LogP contribution in [0, 0.1) is 6.92 Å². The summed E-state index contributed by atoms with van der Waals surface area (Å²) in [5, 5.41) is 6.89. The van der Waals surface area contributed by atoms with E-state index in [9.17, 15) is 14.4 Å². The number of nitrogens with zero attached hydrogens (tertiary/aromatic N) is 2. The minimum Gasteiger partial charge on any atom is -0.493 e. The summed E-state index contributed by atoms with van der Waals surface area (Å²) in [7, 11) is 3.12. The fourth-order valence-electron chi connectivity index (χ4n) is 3.34. The van der Waals surface area contributed by atoms with Crippen LogP contribution in [0.5, 0.6) is 17.2 Å². The Hall–Kier alpha value is -4.34. The number of aryl methyl sites for hydroxylation is 1. The molecule has 3 aromatic rings. The second kappa shape index (κ2) is 12.4. The van der Waals surface area contributed by atoms with Crippen molar-refractivity contribution < 1.29 is 28.5 Å². The zero-order valence-corrected chi connectivity index (χ0v) is 20.7. The minimum absolute atomic E-state index is 0.111. The first kappa shape index (κ1) is 26.3. The van der Waals surface area contributed by atoms with Crippen LogP contribution in [0.2, 0.25) is 0 Å². The molecule has 0 atom stereocenters. The summed E-state index contributed by atoms with van der Waals surface area (Å²) < 4.78 is 22.2. The van der Waals surface area contributed by atoms with Gasteiger partial charge >= 0.3 is 5.97 Å². The fourth-order valence-corrected chi connectivity index (χ4v) is 3.34. The van der Waals surface area contributed by atoms with Crippen LogP contribution < -0.4 is 25.1 Å². The van der Waals surface area contributed by atoms with Crippen LogP contribution in [-0.2, 0) is 16.0 Å². The van der Waals surface area contributed by atoms with Crippen LogP contribution in [0.3, 0.4) is 0 Å². The summed E-state index contributed by atoms with van der Waals surface area (Å²) in [6.07, 6.45) is 0.550. The Morgan fingerprint density at radius 1 is 0.972 bits per heavy atom. The molecule has 1 N–H and O–H groups in total. The van der Waals surface area contributed by atoms with Crippen molar-refractivity contribution in [3.63, 3.8) is 0 Å². The number of benzene rings is 2. The molecule has 36 heavy (non-hydrogen) atoms. The molecule has 10 nitrogen and oxygen atoms in total. The van der Waals surface area contributed by atoms with Crippen LogP contribution in [0.1, 0.15) is 28.5 Å². The van der Waals surface area contributed by atoms with Crippen molar-refractivity contribution in [2.24, 2.45) is 0 Å². The normalized spacial score (nSPS) is 10.4. The summed E-state index contributed by atoms with van der Waals surface area (Å²) in [6.45, 7) is 3.62. The summed E-state index contributed by atoms with van der Waals surface area (Å²) in [5.41, 5.74) is 1.72. The molecular weight excluding hydrogens is 466 g/mol. The second-order valence-electron chi connectivity index (χ2n) is 7.74. The van der Waals surface area contributed by atoms with Crippen molar-refractivity contribution in [2.45, 2.75) is 20.3 Å². The number of aromatic nitrogens is 2. The molecule has 1 heterocycles. The third-order valence-corrected chi connectivity index (χ3v) is 5.19. The predicted molar refractivity (Wildman–Crippen MR) is 132 cm³/mol. The maximum absolute atomic E-state index is 12.7. The molecule has 0 spiro atoms. The molecule has 0 aliphatic heterocycles. The molecule has 0 unspecified atom stereocenters. The SMILES string of the molecule is CCOC(=O)c1nn(-c2ccc(C)cc2)c(=O)cc1OCC(=O)NCCc1ccc(OC)c(OC)c1. The number of carbonyl (C=O) groups is 2. The van der Waals surface area contributed by atoms with Gasteiger partial charge in [0.15, 0.2) is 23.9 Å². The number of esters is 1. The van der Waals surface area contributed by atoms with Crippen molar-refractivity contribution in [1.29, 1.82) is 0 Å². The molecule has 0 aliphatic carbocycles. The lowest BCUT2D eigenvalue weighted by atomic mass is 10.1. The average Bonchev–Trinajstić information content (AvgIpc) is 2.88. The van der Waals surface area contributed by atoms with Gasteiger partial charge < -0.3 is 24.3 Å². The van der Waals surface area contributed by atoms with E-state index in [2.05, 4.69) is 10.4 Å². The molecule has 3 rings (SSSR count). The van der Waals surface area contributed by atoms with Crippen molar-refractivity contribution in [2.75, 3.05) is 34.0 Å². The first-order chi connectivity index (χ1) is 17.4. The minimum atomic E-state index is -0.762. The smallest absolute Gasteiger partial charge is 0.362 e. The zero-order valence-electron chi connectivity index (χ0n) is 20.7. The molecular formula is C26H29N3O7. The van der Waals surface area contributed by atoms with Crippen molar-refractivity contribution in [3.8, 4) is 22.9 Å². The molecule has 1 amide bonds. The topological polar surface area (TPSA) is 118 Å². The van der Waals surface area contributed by atoms with E-state index in [-0.39, 0.29) is 18.1 Å². The Morgan fingerprint density at radius 2 is 1.69 bits per heavy atom. The van der Waals surface area contributed by atoms with E-state index in [1.54, 1.807) is 39.3 Å². The number of methoxy groups -OCH3 is 2. The van der Waals surface area contributed by atoms with Gasteiger partial charge in [-0.2, -0.15) is 9.78 Å². The van der Waals surface area contributed by atoms with Gasteiger partial charge in [0.25, 0.3) is 11.5 Å². The molecule has 0 bridgehead atoms. The van der Waals surface area contributed by atoms with Gasteiger partial charge in [0.05, 0.1) is 32.6 Å². The van der Waals surface area contributed by atoms with Crippen LogP contribution in [0.25, 0.3) is 5.69 Å². The Balaban J connectivity index is 1.67. The molecule has 0 saturated carbocycles. The van der Waals surface area contributed by atoms with Gasteiger partial charge in [-0.1, -0.05) is 23.8 Å². The highest BCUT2D eigenvalue weighted by molar-refractivity contribution is 5.90. The molecule has 190 valence electrons. The number of nitrogens with one attached hydrogen (secondary N) is 1. The van der Waals surface area contributed by atoms with Crippen molar-refractivity contribution in [3.05, 3.63) is 75.7 Å². The molecule has 0 saturated heterocycles. The van der Waals surface area contributed by atoms with E-state index in [0.29, 0.717) is 30.2 Å². The third-order valence-electron chi connectivity index (χ3n) is 5.19. The monoisotopic (exact) mass is 495 g/mol. The van der Waals surface area contributed by atoms with E-state index in [1.807, 2.05) is 31.2 Å². The third kappa shape index (κ3) is 6.62. The molecule has 0 fully saturated rings. The van der Waals surface area contributed by atoms with Crippen LogP contribution in [0.4, 0.5) is 0 Å². The van der Waals surface area contributed by atoms with Gasteiger partial charge in [0.1, 0.15) is 0 Å². The van der Waals surface area contributed by atoms with E-state index < -0.39 is 24.0 Å². The van der Waals surface area contributed by atoms with Crippen LogP contribution in [0.15, 0.2) is 53.3 Å². The Labute approximate surface area is 208 Å². The maximum Gasteiger partial charge on any atom is 0.362 e. The van der Waals surface area contributed by atoms with E-state index in [1.165, 1.54) is 0 Å². The van der Waals surface area contributed by atoms with Gasteiger partial charge in [-0.25, -0.2) is 4.79 Å². The summed E-state index contributed by atoms with van der Waals surface area (Å²) in [4.78, 5) is 37.5. The largest absolute Gasteiger partial charge is 0.493 e. The van der Waals surface area contributed by atoms with Crippen LogP contribution in [-0.4, -0.2) is 55.6 Å². The van der Waals surface area contributed by atoms with Gasteiger partial charge in [-0.05, 0) is 50.1 Å². The average molecular weight is 496 g/mol. The van der Waals surface area contributed by atoms with E-state index in [4.69, 9.17) is 18.9 Å². The molecule has 0 aliphatic rings. The highest BCUT2D eigenvalue weighted by Gasteiger charge is 2.20. The summed E-state index contributed by atoms with van der Waals surface area (Å²) in [5.74, 6) is -0.0925. The molecule has 1 aromatic heterocycles. The molecule has 0 radical (unpaired) electrons. The number of rotatable bonds is 11. The first-order valence-corrected chi connectivity index (χ1v) is 11.3. The highest BCUT2D eigenvalue weighted by Crippen LogP contribution is 2.27. The predicted octanol–water partition coefficient (Wildman–Crippen LogP) is 2.47. The quantitative estimate of drug-likeness (QED) is 0.403. The lowest BCUT2D eigenvalue weighted by Crippen LogP contribution is -2.32. The number of hydrogen-bond donors (Lipinski definition) is 1. The maximum atomic E-state index is 12.7. The highest BCUT2D eigenvalue weighted by atomic mass is 16.5. The Kier molecular flexibility index (Phi) is 9.04. The molecule has 10 heteroatoms. The standard InChI is InChI=1S/C26H29N3O7/c1-5-35-26(32)25-22(15-24(31)29(28-25)19-9-6-17(2)7-10-19)36-16-23(30)27-13-12-18-8-11-20(33-3)21(14-18)34-4/h6-11,14-15H,5,12-13,16H2,1-4H3,(H,27,30). The second-order valence-corrected chi connectivity index (χ2v) is 7.74. The lowest BCUT2D eigenvalue weighted by Gasteiger charge is -2.13. The number of carbonyl (C=O) groups excluding carboxylic acids is 2. The van der Waals surface area contributed by atoms with Crippen LogP contribution >= 0.6 is 0 Å². The van der Waals surface area contributed by atoms with Gasteiger partial charge in [0, 0.05) is 6.54 Å².